The summed E-state index contributed by atoms with van der Waals surface area (Å²) in [5, 5.41) is 22.5. The number of ether oxygens (including phenoxy) is 1. The molecule has 0 radical (unpaired) electrons. The largest absolute Gasteiger partial charge is 0.478 e. The van der Waals surface area contributed by atoms with E-state index in [1.807, 2.05) is 5.94 Å². The Morgan fingerprint density at radius 1 is 1.46 bits per heavy atom. The molecule has 0 spiro atoms. The van der Waals surface area contributed by atoms with Crippen molar-refractivity contribution in [1.29, 1.82) is 0 Å². The maximum absolute atomic E-state index is 11.4. The Labute approximate surface area is 139 Å². The molecule has 1 saturated carbocycles. The van der Waals surface area contributed by atoms with E-state index in [0.717, 1.165) is 12.8 Å². The highest BCUT2D eigenvalue weighted by Crippen LogP contribution is 2.34. The average molecular weight is 338 g/mol. The lowest BCUT2D eigenvalue weighted by Gasteiger charge is -2.40. The molecule has 0 aromatic carbocycles. The first kappa shape index (κ1) is 18.2. The van der Waals surface area contributed by atoms with Gasteiger partial charge < -0.3 is 26.0 Å². The van der Waals surface area contributed by atoms with Gasteiger partial charge in [0.2, 0.25) is 11.7 Å². The van der Waals surface area contributed by atoms with E-state index in [9.17, 15) is 19.5 Å². The number of hydrogen-bond donors (Lipinski definition) is 4. The van der Waals surface area contributed by atoms with Crippen LogP contribution in [0, 0.1) is 5.92 Å². The number of carbonyl (C=O) groups excluding carboxylic acids is 2. The summed E-state index contributed by atoms with van der Waals surface area (Å²) in [6.45, 7) is 1.30. The van der Waals surface area contributed by atoms with Gasteiger partial charge >= 0.3 is 5.97 Å². The maximum atomic E-state index is 11.4. The van der Waals surface area contributed by atoms with Crippen molar-refractivity contribution in [2.45, 2.75) is 56.9 Å². The molecule has 24 heavy (non-hydrogen) atoms. The number of carbonyl (C=O) groups is 2. The van der Waals surface area contributed by atoms with Crippen LogP contribution in [0.2, 0.25) is 0 Å². The van der Waals surface area contributed by atoms with Crippen LogP contribution in [0.4, 0.5) is 0 Å². The lowest BCUT2D eigenvalue weighted by atomic mass is 9.77. The first-order chi connectivity index (χ1) is 11.3. The summed E-state index contributed by atoms with van der Waals surface area (Å²) in [4.78, 5) is 33.8. The number of hydrogen-bond acceptors (Lipinski definition) is 6. The summed E-state index contributed by atoms with van der Waals surface area (Å²) in [7, 11) is 0. The first-order valence-electron chi connectivity index (χ1n) is 7.91. The Hall–Kier alpha value is -2.15. The van der Waals surface area contributed by atoms with Gasteiger partial charge in [0.05, 0.1) is 12.1 Å². The van der Waals surface area contributed by atoms with Gasteiger partial charge in [-0.2, -0.15) is 0 Å². The monoisotopic (exact) mass is 338 g/mol. The minimum Gasteiger partial charge on any atom is -0.478 e. The molecular weight excluding hydrogens is 316 g/mol. The third-order valence-electron chi connectivity index (χ3n) is 4.49. The Balaban J connectivity index is 2.31. The molecule has 2 rings (SSSR count). The highest BCUT2D eigenvalue weighted by atomic mass is 16.5. The molecule has 5 atom stereocenters. The van der Waals surface area contributed by atoms with Crippen molar-refractivity contribution in [3.8, 4) is 0 Å². The molecule has 0 aromatic rings. The van der Waals surface area contributed by atoms with Gasteiger partial charge in [0.25, 0.3) is 0 Å². The molecule has 8 heteroatoms. The lowest BCUT2D eigenvalue weighted by molar-refractivity contribution is -0.142. The molecule has 2 unspecified atom stereocenters. The number of carboxylic acids is 1. The number of carboxylic acid groups (broad SMARTS) is 1. The van der Waals surface area contributed by atoms with Gasteiger partial charge in [-0.3, -0.25) is 4.79 Å². The Morgan fingerprint density at radius 2 is 2.17 bits per heavy atom. The highest BCUT2D eigenvalue weighted by molar-refractivity contribution is 5.84. The van der Waals surface area contributed by atoms with Gasteiger partial charge in [-0.25, -0.2) is 9.59 Å². The molecule has 1 aliphatic heterocycles. The molecular formula is C16H22N2O6. The van der Waals surface area contributed by atoms with E-state index in [0.29, 0.717) is 18.4 Å². The van der Waals surface area contributed by atoms with Gasteiger partial charge in [-0.15, -0.1) is 0 Å². The van der Waals surface area contributed by atoms with Crippen LogP contribution >= 0.6 is 0 Å². The number of aliphatic hydroxyl groups is 1. The van der Waals surface area contributed by atoms with Gasteiger partial charge in [-0.05, 0) is 25.3 Å². The lowest BCUT2D eigenvalue weighted by Crippen LogP contribution is -2.61. The predicted octanol–water partition coefficient (Wildman–Crippen LogP) is -0.505. The van der Waals surface area contributed by atoms with Crippen molar-refractivity contribution in [2.75, 3.05) is 0 Å². The van der Waals surface area contributed by atoms with Gasteiger partial charge in [-0.1, -0.05) is 6.42 Å². The quantitative estimate of drug-likeness (QED) is 0.506. The van der Waals surface area contributed by atoms with Crippen LogP contribution in [-0.4, -0.2) is 52.3 Å². The number of rotatable bonds is 4. The second-order valence-corrected chi connectivity index (χ2v) is 6.19. The summed E-state index contributed by atoms with van der Waals surface area (Å²) in [5.41, 5.74) is 6.41. The third-order valence-corrected chi connectivity index (χ3v) is 4.49. The SMILES string of the molecule is CC(=O)N[C@@H]1[C@@H](N)C=C(C(=O)O)O[C@H]1C(O)C1CCCCC1=C=O. The molecule has 5 N–H and O–H groups in total. The first-order valence-corrected chi connectivity index (χ1v) is 7.91. The molecule has 1 heterocycles. The zero-order valence-corrected chi connectivity index (χ0v) is 13.4. The van der Waals surface area contributed by atoms with E-state index in [1.165, 1.54) is 13.0 Å². The second kappa shape index (κ2) is 7.61. The number of aliphatic carboxylic acids is 1. The van der Waals surface area contributed by atoms with E-state index >= 15 is 0 Å². The van der Waals surface area contributed by atoms with Crippen LogP contribution in [0.5, 0.6) is 0 Å². The van der Waals surface area contributed by atoms with E-state index in [4.69, 9.17) is 15.6 Å². The van der Waals surface area contributed by atoms with Crippen LogP contribution in [0.25, 0.3) is 0 Å². The minimum absolute atomic E-state index is 0.374. The van der Waals surface area contributed by atoms with Crippen LogP contribution in [-0.2, 0) is 19.1 Å². The van der Waals surface area contributed by atoms with Gasteiger partial charge in [0.15, 0.2) is 0 Å². The fourth-order valence-corrected chi connectivity index (χ4v) is 3.35. The molecule has 0 saturated heterocycles. The molecule has 132 valence electrons. The normalized spacial score (nSPS) is 31.3. The van der Waals surface area contributed by atoms with Crippen molar-refractivity contribution in [1.82, 2.24) is 5.32 Å². The molecule has 0 aromatic heterocycles. The number of aliphatic hydroxyl groups excluding tert-OH is 1. The summed E-state index contributed by atoms with van der Waals surface area (Å²) < 4.78 is 5.41. The van der Waals surface area contributed by atoms with Crippen LogP contribution in [0.3, 0.4) is 0 Å². The number of nitrogens with one attached hydrogen (secondary N) is 1. The smallest absolute Gasteiger partial charge is 0.370 e. The van der Waals surface area contributed by atoms with Gasteiger partial charge in [0, 0.05) is 18.4 Å². The topological polar surface area (TPSA) is 139 Å². The average Bonchev–Trinajstić information content (AvgIpc) is 2.55. The van der Waals surface area contributed by atoms with E-state index in [1.54, 1.807) is 0 Å². The molecule has 1 aliphatic carbocycles. The molecule has 2 aliphatic rings. The number of nitrogens with two attached hydrogens (primary N) is 1. The molecule has 0 bridgehead atoms. The standard InChI is InChI=1S/C16H22N2O6/c1-8(20)18-13-11(17)6-12(16(22)23)24-15(13)14(21)10-5-3-2-4-9(10)7-19/h6,10-11,13-15,21H,2-5,17H2,1H3,(H,18,20)(H,22,23)/t10?,11-,13+,14?,15+/m0/s1. The molecule has 8 nitrogen and oxygen atoms in total. The van der Waals surface area contributed by atoms with Crippen molar-refractivity contribution < 1.29 is 29.3 Å². The van der Waals surface area contributed by atoms with E-state index in [2.05, 4.69) is 5.32 Å². The zero-order valence-electron chi connectivity index (χ0n) is 13.4. The summed E-state index contributed by atoms with van der Waals surface area (Å²) >= 11 is 0. The van der Waals surface area contributed by atoms with Gasteiger partial charge in [0.1, 0.15) is 18.1 Å². The fraction of sp³-hybridized carbons (Fsp3) is 0.625. The predicted molar refractivity (Wildman–Crippen MR) is 83.3 cm³/mol. The summed E-state index contributed by atoms with van der Waals surface area (Å²) in [5.74, 6) is -0.670. The molecule has 1 fully saturated rings. The van der Waals surface area contributed by atoms with E-state index < -0.39 is 36.2 Å². The highest BCUT2D eigenvalue weighted by Gasteiger charge is 2.44. The van der Waals surface area contributed by atoms with Crippen LogP contribution in [0.15, 0.2) is 17.4 Å². The van der Waals surface area contributed by atoms with Crippen molar-refractivity contribution in [2.24, 2.45) is 11.7 Å². The number of amides is 1. The molecule has 1 amide bonds. The van der Waals surface area contributed by atoms with Crippen molar-refractivity contribution in [3.05, 3.63) is 17.4 Å². The fourth-order valence-electron chi connectivity index (χ4n) is 3.35. The third kappa shape index (κ3) is 3.84. The Morgan fingerprint density at radius 3 is 2.75 bits per heavy atom. The second-order valence-electron chi connectivity index (χ2n) is 6.19. The minimum atomic E-state index is -1.31. The Kier molecular flexibility index (Phi) is 5.77. The van der Waals surface area contributed by atoms with Crippen molar-refractivity contribution >= 4 is 17.8 Å². The van der Waals surface area contributed by atoms with E-state index in [-0.39, 0.29) is 11.7 Å². The zero-order chi connectivity index (χ0) is 17.9. The van der Waals surface area contributed by atoms with Crippen LogP contribution < -0.4 is 11.1 Å². The maximum Gasteiger partial charge on any atom is 0.370 e. The summed E-state index contributed by atoms with van der Waals surface area (Å²) in [6, 6.07) is -1.63. The Bertz CT molecular complexity index is 595. The van der Waals surface area contributed by atoms with Crippen LogP contribution in [0.1, 0.15) is 32.6 Å². The van der Waals surface area contributed by atoms with Crippen molar-refractivity contribution in [3.63, 3.8) is 0 Å². The summed E-state index contributed by atoms with van der Waals surface area (Å²) in [6.07, 6.45) is 1.74.